The highest BCUT2D eigenvalue weighted by Crippen LogP contribution is 2.52. The van der Waals surface area contributed by atoms with E-state index in [4.69, 9.17) is 0 Å². The molecule has 2 aromatic carbocycles. The van der Waals surface area contributed by atoms with E-state index in [2.05, 4.69) is 33.4 Å². The molecule has 1 aliphatic heterocycles. The van der Waals surface area contributed by atoms with Crippen LogP contribution in [0.4, 0.5) is 18.9 Å². The van der Waals surface area contributed by atoms with Crippen molar-refractivity contribution in [3.8, 4) is 0 Å². The van der Waals surface area contributed by atoms with E-state index >= 15 is 0 Å². The minimum Gasteiger partial charge on any atom is -0.377 e. The lowest BCUT2D eigenvalue weighted by Gasteiger charge is -2.38. The van der Waals surface area contributed by atoms with Crippen molar-refractivity contribution in [1.82, 2.24) is 0 Å². The van der Waals surface area contributed by atoms with Crippen LogP contribution in [0.25, 0.3) is 0 Å². The molecule has 2 aliphatic rings. The molecule has 0 unspecified atom stereocenters. The highest BCUT2D eigenvalue weighted by molar-refractivity contribution is 9.10. The fourth-order valence-electron chi connectivity index (χ4n) is 3.92. The number of hydrogen-bond donors (Lipinski definition) is 1. The SMILES string of the molecule is FC(F)(F)c1ccccc1[C@@H]1Nc2c(Br)cccc2[C@@H]2C=CC[C@H]21. The first kappa shape index (κ1) is 15.8. The van der Waals surface area contributed by atoms with E-state index in [9.17, 15) is 13.2 Å². The summed E-state index contributed by atoms with van der Waals surface area (Å²) in [5.41, 5.74) is 1.81. The molecular formula is C19H15BrF3N. The summed E-state index contributed by atoms with van der Waals surface area (Å²) < 4.78 is 41.3. The summed E-state index contributed by atoms with van der Waals surface area (Å²) in [5, 5.41) is 3.38. The molecular weight excluding hydrogens is 379 g/mol. The molecule has 24 heavy (non-hydrogen) atoms. The maximum Gasteiger partial charge on any atom is 0.416 e. The Morgan fingerprint density at radius 1 is 1.00 bits per heavy atom. The molecule has 5 heteroatoms. The van der Waals surface area contributed by atoms with Crippen LogP contribution in [0.5, 0.6) is 0 Å². The second kappa shape index (κ2) is 5.66. The fourth-order valence-corrected chi connectivity index (χ4v) is 4.41. The summed E-state index contributed by atoms with van der Waals surface area (Å²) in [4.78, 5) is 0. The minimum absolute atomic E-state index is 0.0929. The number of nitrogens with one attached hydrogen (secondary N) is 1. The number of fused-ring (bicyclic) bond motifs is 3. The van der Waals surface area contributed by atoms with E-state index < -0.39 is 11.7 Å². The zero-order valence-electron chi connectivity index (χ0n) is 12.6. The number of allylic oxidation sites excluding steroid dienone is 2. The van der Waals surface area contributed by atoms with Gasteiger partial charge in [0.25, 0.3) is 0 Å². The summed E-state index contributed by atoms with van der Waals surface area (Å²) in [5.74, 6) is 0.236. The molecule has 0 aromatic heterocycles. The van der Waals surface area contributed by atoms with Crippen LogP contribution in [0, 0.1) is 5.92 Å². The van der Waals surface area contributed by atoms with Gasteiger partial charge in [-0.3, -0.25) is 0 Å². The normalized spacial score (nSPS) is 25.1. The molecule has 1 heterocycles. The Morgan fingerprint density at radius 2 is 1.75 bits per heavy atom. The lowest BCUT2D eigenvalue weighted by molar-refractivity contribution is -0.138. The first-order chi connectivity index (χ1) is 11.5. The number of rotatable bonds is 1. The zero-order valence-corrected chi connectivity index (χ0v) is 14.2. The van der Waals surface area contributed by atoms with Crippen LogP contribution in [0.1, 0.15) is 35.1 Å². The molecule has 0 spiro atoms. The van der Waals surface area contributed by atoms with Gasteiger partial charge in [0.05, 0.1) is 17.3 Å². The van der Waals surface area contributed by atoms with E-state index in [1.165, 1.54) is 12.1 Å². The Balaban J connectivity index is 1.85. The summed E-state index contributed by atoms with van der Waals surface area (Å²) in [6.45, 7) is 0. The molecule has 3 atom stereocenters. The van der Waals surface area contributed by atoms with Crippen LogP contribution in [0.2, 0.25) is 0 Å². The van der Waals surface area contributed by atoms with Crippen molar-refractivity contribution in [3.05, 3.63) is 75.8 Å². The van der Waals surface area contributed by atoms with Gasteiger partial charge in [-0.2, -0.15) is 13.2 Å². The van der Waals surface area contributed by atoms with Crippen LogP contribution < -0.4 is 5.32 Å². The molecule has 1 nitrogen and oxygen atoms in total. The molecule has 1 N–H and O–H groups in total. The number of benzene rings is 2. The second-order valence-corrected chi connectivity index (χ2v) is 7.12. The van der Waals surface area contributed by atoms with Crippen LogP contribution in [0.3, 0.4) is 0 Å². The third-order valence-corrected chi connectivity index (χ3v) is 5.61. The van der Waals surface area contributed by atoms with Crippen molar-refractivity contribution in [3.63, 3.8) is 0 Å². The van der Waals surface area contributed by atoms with E-state index in [0.29, 0.717) is 5.56 Å². The van der Waals surface area contributed by atoms with Gasteiger partial charge in [0.1, 0.15) is 0 Å². The number of anilines is 1. The molecule has 4 rings (SSSR count). The average Bonchev–Trinajstić information content (AvgIpc) is 3.04. The van der Waals surface area contributed by atoms with E-state index in [1.54, 1.807) is 12.1 Å². The Kier molecular flexibility index (Phi) is 3.71. The quantitative estimate of drug-likeness (QED) is 0.561. The largest absolute Gasteiger partial charge is 0.416 e. The number of hydrogen-bond acceptors (Lipinski definition) is 1. The topological polar surface area (TPSA) is 12.0 Å². The highest BCUT2D eigenvalue weighted by Gasteiger charge is 2.42. The van der Waals surface area contributed by atoms with Gasteiger partial charge in [0, 0.05) is 10.4 Å². The van der Waals surface area contributed by atoms with Crippen LogP contribution in [-0.2, 0) is 6.18 Å². The first-order valence-corrected chi connectivity index (χ1v) is 8.64. The predicted octanol–water partition coefficient (Wildman–Crippen LogP) is 6.29. The Morgan fingerprint density at radius 3 is 2.54 bits per heavy atom. The molecule has 0 fully saturated rings. The maximum absolute atomic E-state index is 13.5. The van der Waals surface area contributed by atoms with E-state index in [-0.39, 0.29) is 17.9 Å². The minimum atomic E-state index is -4.35. The van der Waals surface area contributed by atoms with Gasteiger partial charge in [-0.15, -0.1) is 0 Å². The van der Waals surface area contributed by atoms with Gasteiger partial charge in [-0.05, 0) is 51.5 Å². The molecule has 2 aromatic rings. The smallest absolute Gasteiger partial charge is 0.377 e. The van der Waals surface area contributed by atoms with Crippen molar-refractivity contribution in [1.29, 1.82) is 0 Å². The van der Waals surface area contributed by atoms with Crippen molar-refractivity contribution in [2.45, 2.75) is 24.6 Å². The Hall–Kier alpha value is -1.75. The van der Waals surface area contributed by atoms with Crippen molar-refractivity contribution in [2.75, 3.05) is 5.32 Å². The van der Waals surface area contributed by atoms with Crippen molar-refractivity contribution in [2.24, 2.45) is 5.92 Å². The first-order valence-electron chi connectivity index (χ1n) is 7.84. The lowest BCUT2D eigenvalue weighted by Crippen LogP contribution is -2.31. The second-order valence-electron chi connectivity index (χ2n) is 6.26. The molecule has 0 saturated heterocycles. The van der Waals surface area contributed by atoms with Crippen LogP contribution in [0.15, 0.2) is 59.1 Å². The number of para-hydroxylation sites is 1. The summed E-state index contributed by atoms with van der Waals surface area (Å²) in [7, 11) is 0. The third kappa shape index (κ3) is 2.46. The highest BCUT2D eigenvalue weighted by atomic mass is 79.9. The number of alkyl halides is 3. The van der Waals surface area contributed by atoms with Crippen LogP contribution >= 0.6 is 15.9 Å². The van der Waals surface area contributed by atoms with Gasteiger partial charge in [-0.1, -0.05) is 42.5 Å². The average molecular weight is 394 g/mol. The summed E-state index contributed by atoms with van der Waals surface area (Å²) >= 11 is 3.53. The zero-order chi connectivity index (χ0) is 16.9. The molecule has 0 radical (unpaired) electrons. The van der Waals surface area contributed by atoms with Crippen LogP contribution in [-0.4, -0.2) is 0 Å². The lowest BCUT2D eigenvalue weighted by atomic mass is 9.76. The maximum atomic E-state index is 13.5. The monoisotopic (exact) mass is 393 g/mol. The molecule has 1 aliphatic carbocycles. The van der Waals surface area contributed by atoms with Gasteiger partial charge in [-0.25, -0.2) is 0 Å². The number of halogens is 4. The van der Waals surface area contributed by atoms with E-state index in [1.807, 2.05) is 18.2 Å². The Bertz CT molecular complexity index is 812. The molecule has 124 valence electrons. The van der Waals surface area contributed by atoms with Crippen molar-refractivity contribution < 1.29 is 13.2 Å². The Labute approximate surface area is 146 Å². The third-order valence-electron chi connectivity index (χ3n) is 4.95. The standard InChI is InChI=1S/C19H15BrF3N/c20-16-10-4-8-13-11-6-3-7-12(11)17(24-18(13)16)14-5-1-2-9-15(14)19(21,22)23/h1-6,8-12,17,24H,7H2/t11-,12-,17-/m1/s1. The van der Waals surface area contributed by atoms with Gasteiger partial charge in [0.2, 0.25) is 0 Å². The summed E-state index contributed by atoms with van der Waals surface area (Å²) in [6, 6.07) is 11.5. The van der Waals surface area contributed by atoms with E-state index in [0.717, 1.165) is 22.1 Å². The summed E-state index contributed by atoms with van der Waals surface area (Å²) in [6.07, 6.45) is 0.630. The van der Waals surface area contributed by atoms with Gasteiger partial charge >= 0.3 is 6.18 Å². The molecule has 0 bridgehead atoms. The van der Waals surface area contributed by atoms with Gasteiger partial charge in [0.15, 0.2) is 0 Å². The van der Waals surface area contributed by atoms with Crippen molar-refractivity contribution >= 4 is 21.6 Å². The van der Waals surface area contributed by atoms with Gasteiger partial charge < -0.3 is 5.32 Å². The molecule has 0 saturated carbocycles. The predicted molar refractivity (Wildman–Crippen MR) is 91.9 cm³/mol. The fraction of sp³-hybridized carbons (Fsp3) is 0.263. The molecule has 0 amide bonds.